The largest absolute Gasteiger partial charge is 0.296 e. The summed E-state index contributed by atoms with van der Waals surface area (Å²) >= 11 is 0. The lowest BCUT2D eigenvalue weighted by Gasteiger charge is -2.27. The zero-order chi connectivity index (χ0) is 14.8. The Hall–Kier alpha value is -1.71. The van der Waals surface area contributed by atoms with Gasteiger partial charge in [0.25, 0.3) is 5.69 Å². The number of anilines is 1. The van der Waals surface area contributed by atoms with Crippen molar-refractivity contribution in [3.8, 4) is 0 Å². The second-order valence-corrected chi connectivity index (χ2v) is 6.14. The van der Waals surface area contributed by atoms with Gasteiger partial charge in [0, 0.05) is 12.6 Å². The molecule has 0 aromatic heterocycles. The van der Waals surface area contributed by atoms with Crippen LogP contribution in [0.5, 0.6) is 0 Å². The maximum atomic E-state index is 11.7. The zero-order valence-corrected chi connectivity index (χ0v) is 11.7. The highest BCUT2D eigenvalue weighted by Gasteiger charge is 2.25. The number of nitro groups is 1. The average Bonchev–Trinajstić information content (AvgIpc) is 2.47. The van der Waals surface area contributed by atoms with Crippen molar-refractivity contribution in [1.82, 2.24) is 4.72 Å². The van der Waals surface area contributed by atoms with Crippen molar-refractivity contribution < 1.29 is 18.2 Å². The van der Waals surface area contributed by atoms with Crippen LogP contribution in [0, 0.1) is 10.1 Å². The predicted octanol–water partition coefficient (Wildman–Crippen LogP) is 1.03. The molecule has 1 aromatic rings. The van der Waals surface area contributed by atoms with Crippen LogP contribution in [0.2, 0.25) is 0 Å². The second kappa shape index (κ2) is 5.73. The fourth-order valence-corrected chi connectivity index (χ4v) is 2.68. The Morgan fingerprint density at radius 1 is 1.40 bits per heavy atom. The van der Waals surface area contributed by atoms with Gasteiger partial charge >= 0.3 is 0 Å². The Morgan fingerprint density at radius 3 is 2.70 bits per heavy atom. The van der Waals surface area contributed by atoms with Crippen molar-refractivity contribution in [2.45, 2.75) is 17.7 Å². The third kappa shape index (κ3) is 2.89. The van der Waals surface area contributed by atoms with E-state index < -0.39 is 14.9 Å². The van der Waals surface area contributed by atoms with Crippen LogP contribution in [0.3, 0.4) is 0 Å². The maximum Gasteiger partial charge on any atom is 0.296 e. The third-order valence-corrected chi connectivity index (χ3v) is 4.41. The van der Waals surface area contributed by atoms with Crippen molar-refractivity contribution in [2.24, 2.45) is 0 Å². The molecule has 1 aliphatic rings. The number of nitro benzene ring substituents is 1. The lowest BCUT2D eigenvalue weighted by Crippen LogP contribution is -2.30. The number of hydroxylamine groups is 1. The van der Waals surface area contributed by atoms with E-state index in [1.807, 2.05) is 0 Å². The summed E-state index contributed by atoms with van der Waals surface area (Å²) in [5.41, 5.74) is -0.0204. The Bertz CT molecular complexity index is 610. The first kappa shape index (κ1) is 14.7. The van der Waals surface area contributed by atoms with Crippen molar-refractivity contribution >= 4 is 21.4 Å². The van der Waals surface area contributed by atoms with E-state index in [9.17, 15) is 18.5 Å². The number of nitrogens with one attached hydrogen (secondary N) is 1. The molecule has 20 heavy (non-hydrogen) atoms. The molecule has 0 spiro atoms. The van der Waals surface area contributed by atoms with Gasteiger partial charge in [0.1, 0.15) is 5.69 Å². The third-order valence-electron chi connectivity index (χ3n) is 2.99. The van der Waals surface area contributed by atoms with E-state index in [2.05, 4.69) is 4.72 Å². The number of rotatable bonds is 4. The molecule has 8 nitrogen and oxygen atoms in total. The van der Waals surface area contributed by atoms with Gasteiger partial charge in [-0.2, -0.15) is 0 Å². The van der Waals surface area contributed by atoms with Crippen molar-refractivity contribution in [1.29, 1.82) is 0 Å². The van der Waals surface area contributed by atoms with E-state index in [4.69, 9.17) is 4.84 Å². The van der Waals surface area contributed by atoms with Gasteiger partial charge in [-0.15, -0.1) is 0 Å². The molecule has 0 unspecified atom stereocenters. The van der Waals surface area contributed by atoms with Crippen LogP contribution < -0.4 is 9.79 Å². The topological polar surface area (TPSA) is 102 Å². The quantitative estimate of drug-likeness (QED) is 0.658. The molecular weight excluding hydrogens is 286 g/mol. The molecule has 0 aliphatic carbocycles. The molecule has 1 N–H and O–H groups in total. The summed E-state index contributed by atoms with van der Waals surface area (Å²) in [6.07, 6.45) is 1.77. The van der Waals surface area contributed by atoms with Gasteiger partial charge in [-0.25, -0.2) is 18.2 Å². The van der Waals surface area contributed by atoms with Crippen LogP contribution >= 0.6 is 0 Å². The normalized spacial score (nSPS) is 16.1. The Morgan fingerprint density at radius 2 is 2.15 bits per heavy atom. The van der Waals surface area contributed by atoms with Gasteiger partial charge in [-0.3, -0.25) is 15.0 Å². The molecule has 2 rings (SSSR count). The monoisotopic (exact) mass is 301 g/mol. The predicted molar refractivity (Wildman–Crippen MR) is 71.9 cm³/mol. The highest BCUT2D eigenvalue weighted by molar-refractivity contribution is 7.89. The Balaban J connectivity index is 2.46. The van der Waals surface area contributed by atoms with Gasteiger partial charge in [0.15, 0.2) is 0 Å². The number of nitrogens with zero attached hydrogens (tertiary/aromatic N) is 2. The summed E-state index contributed by atoms with van der Waals surface area (Å²) < 4.78 is 25.5. The van der Waals surface area contributed by atoms with Gasteiger partial charge in [0.05, 0.1) is 16.4 Å². The lowest BCUT2D eigenvalue weighted by atomic mass is 10.2. The highest BCUT2D eigenvalue weighted by atomic mass is 32.2. The molecule has 0 saturated carbocycles. The molecule has 1 aromatic carbocycles. The van der Waals surface area contributed by atoms with E-state index in [0.29, 0.717) is 13.2 Å². The smallest absolute Gasteiger partial charge is 0.273 e. The van der Waals surface area contributed by atoms with Gasteiger partial charge in [-0.1, -0.05) is 0 Å². The van der Waals surface area contributed by atoms with Crippen LogP contribution in [-0.4, -0.2) is 33.5 Å². The summed E-state index contributed by atoms with van der Waals surface area (Å²) in [6, 6.07) is 3.76. The maximum absolute atomic E-state index is 11.7. The molecule has 1 aliphatic heterocycles. The number of hydrogen-bond acceptors (Lipinski definition) is 6. The highest BCUT2D eigenvalue weighted by Crippen LogP contribution is 2.32. The van der Waals surface area contributed by atoms with E-state index in [-0.39, 0.29) is 16.3 Å². The SMILES string of the molecule is CNS(=O)(=O)c1ccc(N2CCCCO2)c([N+](=O)[O-])c1. The van der Waals surface area contributed by atoms with E-state index in [1.54, 1.807) is 0 Å². The summed E-state index contributed by atoms with van der Waals surface area (Å²) in [5, 5.41) is 12.6. The van der Waals surface area contributed by atoms with Gasteiger partial charge in [-0.05, 0) is 32.0 Å². The second-order valence-electron chi connectivity index (χ2n) is 4.26. The van der Waals surface area contributed by atoms with Crippen molar-refractivity contribution in [3.63, 3.8) is 0 Å². The van der Waals surface area contributed by atoms with Gasteiger partial charge < -0.3 is 0 Å². The first-order valence-corrected chi connectivity index (χ1v) is 7.56. The van der Waals surface area contributed by atoms with Crippen LogP contribution in [0.25, 0.3) is 0 Å². The molecule has 0 bridgehead atoms. The van der Waals surface area contributed by atoms with Crippen molar-refractivity contribution in [2.75, 3.05) is 25.3 Å². The van der Waals surface area contributed by atoms with Gasteiger partial charge in [0.2, 0.25) is 10.0 Å². The van der Waals surface area contributed by atoms with Crippen LogP contribution in [-0.2, 0) is 14.9 Å². The van der Waals surface area contributed by atoms with Crippen LogP contribution in [0.4, 0.5) is 11.4 Å². The zero-order valence-electron chi connectivity index (χ0n) is 10.9. The molecule has 0 radical (unpaired) electrons. The first-order chi connectivity index (χ1) is 9.45. The summed E-state index contributed by atoms with van der Waals surface area (Å²) in [4.78, 5) is 15.8. The molecule has 1 fully saturated rings. The fourth-order valence-electron chi connectivity index (χ4n) is 1.93. The summed E-state index contributed by atoms with van der Waals surface area (Å²) in [6.45, 7) is 1.03. The number of sulfonamides is 1. The standard InChI is InChI=1S/C11H15N3O5S/c1-12-20(17,18)9-4-5-10(11(8-9)14(15)16)13-6-2-3-7-19-13/h4-5,8,12H,2-3,6-7H2,1H3. The molecule has 110 valence electrons. The molecule has 9 heteroatoms. The molecule has 0 amide bonds. The minimum atomic E-state index is -3.72. The van der Waals surface area contributed by atoms with E-state index >= 15 is 0 Å². The minimum absolute atomic E-state index is 0.146. The molecule has 1 saturated heterocycles. The fraction of sp³-hybridized carbons (Fsp3) is 0.455. The first-order valence-electron chi connectivity index (χ1n) is 6.08. The van der Waals surface area contributed by atoms with Crippen LogP contribution in [0.15, 0.2) is 23.1 Å². The van der Waals surface area contributed by atoms with Crippen molar-refractivity contribution in [3.05, 3.63) is 28.3 Å². The van der Waals surface area contributed by atoms with E-state index in [1.165, 1.54) is 24.2 Å². The van der Waals surface area contributed by atoms with E-state index in [0.717, 1.165) is 18.9 Å². The lowest BCUT2D eigenvalue weighted by molar-refractivity contribution is -0.384. The molecule has 1 heterocycles. The summed E-state index contributed by atoms with van der Waals surface area (Å²) in [7, 11) is -2.46. The minimum Gasteiger partial charge on any atom is -0.273 e. The summed E-state index contributed by atoms with van der Waals surface area (Å²) in [5.74, 6) is 0. The Kier molecular flexibility index (Phi) is 4.21. The number of benzene rings is 1. The molecule has 0 atom stereocenters. The van der Waals surface area contributed by atoms with Crippen LogP contribution in [0.1, 0.15) is 12.8 Å². The molecular formula is C11H15N3O5S. The average molecular weight is 301 g/mol. The number of hydrogen-bond donors (Lipinski definition) is 1. The Labute approximate surface area is 116 Å².